The van der Waals surface area contributed by atoms with Gasteiger partial charge in [0.05, 0.1) is 0 Å². The van der Waals surface area contributed by atoms with Gasteiger partial charge in [0, 0.05) is 0 Å². The third-order valence-electron chi connectivity index (χ3n) is 3.46. The van der Waals surface area contributed by atoms with Gasteiger partial charge >= 0.3 is 5.97 Å². The SMILES string of the molecule is CC(C)CNC(C(=O)O)C1CCCC(C)C1. The lowest BCUT2D eigenvalue weighted by atomic mass is 9.78. The second kappa shape index (κ2) is 6.24. The molecule has 3 unspecified atom stereocenters. The van der Waals surface area contributed by atoms with Gasteiger partial charge in [0.1, 0.15) is 6.04 Å². The van der Waals surface area contributed by atoms with Gasteiger partial charge in [-0.2, -0.15) is 0 Å². The molecule has 0 aliphatic heterocycles. The molecule has 0 spiro atoms. The monoisotopic (exact) mass is 227 g/mol. The van der Waals surface area contributed by atoms with Gasteiger partial charge in [-0.15, -0.1) is 0 Å². The summed E-state index contributed by atoms with van der Waals surface area (Å²) in [4.78, 5) is 11.3. The standard InChI is InChI=1S/C13H25NO2/c1-9(2)8-14-12(13(15)16)11-6-4-5-10(3)7-11/h9-12,14H,4-8H2,1-3H3,(H,15,16). The minimum absolute atomic E-state index is 0.319. The second-order valence-corrected chi connectivity index (χ2v) is 5.65. The van der Waals surface area contributed by atoms with E-state index in [4.69, 9.17) is 0 Å². The van der Waals surface area contributed by atoms with Gasteiger partial charge in [-0.05, 0) is 37.1 Å². The zero-order valence-corrected chi connectivity index (χ0v) is 10.7. The summed E-state index contributed by atoms with van der Waals surface area (Å²) in [6, 6.07) is -0.342. The van der Waals surface area contributed by atoms with Crippen LogP contribution in [-0.2, 0) is 4.79 Å². The Bertz CT molecular complexity index is 228. The van der Waals surface area contributed by atoms with Crippen molar-refractivity contribution in [1.29, 1.82) is 0 Å². The average molecular weight is 227 g/mol. The zero-order chi connectivity index (χ0) is 12.1. The molecule has 3 nitrogen and oxygen atoms in total. The molecular formula is C13H25NO2. The van der Waals surface area contributed by atoms with Crippen LogP contribution in [0.1, 0.15) is 46.5 Å². The fourth-order valence-electron chi connectivity index (χ4n) is 2.60. The molecule has 0 radical (unpaired) electrons. The number of rotatable bonds is 5. The maximum atomic E-state index is 11.3. The first kappa shape index (κ1) is 13.5. The van der Waals surface area contributed by atoms with Crippen molar-refractivity contribution in [2.45, 2.75) is 52.5 Å². The van der Waals surface area contributed by atoms with Crippen molar-refractivity contribution in [3.05, 3.63) is 0 Å². The minimum atomic E-state index is -0.681. The average Bonchev–Trinajstić information content (AvgIpc) is 2.17. The Kier molecular flexibility index (Phi) is 5.26. The van der Waals surface area contributed by atoms with E-state index in [0.29, 0.717) is 17.8 Å². The Morgan fingerprint density at radius 2 is 2.12 bits per heavy atom. The van der Waals surface area contributed by atoms with Crippen LogP contribution >= 0.6 is 0 Å². The summed E-state index contributed by atoms with van der Waals surface area (Å²) in [5, 5.41) is 12.5. The van der Waals surface area contributed by atoms with Gasteiger partial charge in [-0.25, -0.2) is 0 Å². The topological polar surface area (TPSA) is 49.3 Å². The van der Waals surface area contributed by atoms with Crippen molar-refractivity contribution in [3.63, 3.8) is 0 Å². The molecular weight excluding hydrogens is 202 g/mol. The van der Waals surface area contributed by atoms with Crippen molar-refractivity contribution in [3.8, 4) is 0 Å². The smallest absolute Gasteiger partial charge is 0.320 e. The fraction of sp³-hybridized carbons (Fsp3) is 0.923. The number of nitrogens with one attached hydrogen (secondary N) is 1. The van der Waals surface area contributed by atoms with Crippen LogP contribution in [0.5, 0.6) is 0 Å². The van der Waals surface area contributed by atoms with E-state index in [1.165, 1.54) is 12.8 Å². The quantitative estimate of drug-likeness (QED) is 0.758. The highest BCUT2D eigenvalue weighted by Crippen LogP contribution is 2.30. The summed E-state index contributed by atoms with van der Waals surface area (Å²) < 4.78 is 0. The largest absolute Gasteiger partial charge is 0.480 e. The van der Waals surface area contributed by atoms with Crippen LogP contribution in [0.2, 0.25) is 0 Å². The lowest BCUT2D eigenvalue weighted by molar-refractivity contribution is -0.141. The minimum Gasteiger partial charge on any atom is -0.480 e. The van der Waals surface area contributed by atoms with Gasteiger partial charge in [0.25, 0.3) is 0 Å². The molecule has 1 aliphatic carbocycles. The number of hydrogen-bond acceptors (Lipinski definition) is 2. The summed E-state index contributed by atoms with van der Waals surface area (Å²) in [5.74, 6) is 0.823. The van der Waals surface area contributed by atoms with Crippen LogP contribution in [-0.4, -0.2) is 23.7 Å². The first-order chi connectivity index (χ1) is 7.50. The summed E-state index contributed by atoms with van der Waals surface area (Å²) in [5.41, 5.74) is 0. The highest BCUT2D eigenvalue weighted by atomic mass is 16.4. The Labute approximate surface area is 98.6 Å². The molecule has 1 saturated carbocycles. The van der Waals surface area contributed by atoms with Crippen LogP contribution < -0.4 is 5.32 Å². The molecule has 0 aromatic carbocycles. The lowest BCUT2D eigenvalue weighted by Crippen LogP contribution is -2.45. The van der Waals surface area contributed by atoms with Crippen LogP contribution in [0.15, 0.2) is 0 Å². The van der Waals surface area contributed by atoms with Gasteiger partial charge < -0.3 is 10.4 Å². The van der Waals surface area contributed by atoms with E-state index in [1.807, 2.05) is 0 Å². The van der Waals surface area contributed by atoms with Crippen LogP contribution in [0, 0.1) is 17.8 Å². The maximum Gasteiger partial charge on any atom is 0.320 e. The number of aliphatic carboxylic acids is 1. The molecule has 3 atom stereocenters. The van der Waals surface area contributed by atoms with E-state index in [2.05, 4.69) is 26.1 Å². The molecule has 2 N–H and O–H groups in total. The van der Waals surface area contributed by atoms with Crippen LogP contribution in [0.25, 0.3) is 0 Å². The number of carboxylic acid groups (broad SMARTS) is 1. The van der Waals surface area contributed by atoms with Crippen molar-refractivity contribution < 1.29 is 9.90 Å². The maximum absolute atomic E-state index is 11.3. The van der Waals surface area contributed by atoms with Gasteiger partial charge in [-0.3, -0.25) is 4.79 Å². The molecule has 0 saturated heterocycles. The summed E-state index contributed by atoms with van der Waals surface area (Å²) in [7, 11) is 0. The molecule has 1 rings (SSSR count). The highest BCUT2D eigenvalue weighted by Gasteiger charge is 2.31. The molecule has 94 valence electrons. The molecule has 0 heterocycles. The molecule has 0 aromatic rings. The summed E-state index contributed by atoms with van der Waals surface area (Å²) in [6.45, 7) is 7.24. The van der Waals surface area contributed by atoms with Crippen LogP contribution in [0.4, 0.5) is 0 Å². The third-order valence-corrected chi connectivity index (χ3v) is 3.46. The van der Waals surface area contributed by atoms with Crippen molar-refractivity contribution in [2.75, 3.05) is 6.54 Å². The normalized spacial score (nSPS) is 28.0. The van der Waals surface area contributed by atoms with Crippen molar-refractivity contribution in [1.82, 2.24) is 5.32 Å². The molecule has 1 aliphatic rings. The third kappa shape index (κ3) is 4.12. The first-order valence-electron chi connectivity index (χ1n) is 6.47. The Morgan fingerprint density at radius 1 is 1.44 bits per heavy atom. The Balaban J connectivity index is 2.51. The fourth-order valence-corrected chi connectivity index (χ4v) is 2.60. The summed E-state index contributed by atoms with van der Waals surface area (Å²) in [6.07, 6.45) is 4.56. The van der Waals surface area contributed by atoms with E-state index in [-0.39, 0.29) is 6.04 Å². The van der Waals surface area contributed by atoms with E-state index < -0.39 is 5.97 Å². The molecule has 3 heteroatoms. The van der Waals surface area contributed by atoms with E-state index in [9.17, 15) is 9.90 Å². The molecule has 0 bridgehead atoms. The first-order valence-corrected chi connectivity index (χ1v) is 6.47. The van der Waals surface area contributed by atoms with Crippen molar-refractivity contribution >= 4 is 5.97 Å². The van der Waals surface area contributed by atoms with E-state index >= 15 is 0 Å². The Morgan fingerprint density at radius 3 is 2.62 bits per heavy atom. The second-order valence-electron chi connectivity index (χ2n) is 5.65. The molecule has 1 fully saturated rings. The molecule has 0 amide bonds. The van der Waals surface area contributed by atoms with E-state index in [0.717, 1.165) is 19.4 Å². The number of carboxylic acids is 1. The number of carbonyl (C=O) groups is 1. The van der Waals surface area contributed by atoms with Gasteiger partial charge in [0.2, 0.25) is 0 Å². The van der Waals surface area contributed by atoms with Gasteiger partial charge in [-0.1, -0.05) is 33.6 Å². The van der Waals surface area contributed by atoms with Gasteiger partial charge in [0.15, 0.2) is 0 Å². The highest BCUT2D eigenvalue weighted by molar-refractivity contribution is 5.73. The van der Waals surface area contributed by atoms with E-state index in [1.54, 1.807) is 0 Å². The zero-order valence-electron chi connectivity index (χ0n) is 10.7. The molecule has 16 heavy (non-hydrogen) atoms. The molecule has 0 aromatic heterocycles. The van der Waals surface area contributed by atoms with Crippen molar-refractivity contribution in [2.24, 2.45) is 17.8 Å². The predicted molar refractivity (Wildman–Crippen MR) is 65.4 cm³/mol. The Hall–Kier alpha value is -0.570. The van der Waals surface area contributed by atoms with Crippen LogP contribution in [0.3, 0.4) is 0 Å². The summed E-state index contributed by atoms with van der Waals surface area (Å²) >= 11 is 0. The predicted octanol–water partition coefficient (Wildman–Crippen LogP) is 2.51. The number of hydrogen-bond donors (Lipinski definition) is 2. The lowest BCUT2D eigenvalue weighted by Gasteiger charge is -2.31.